The molecule has 0 spiro atoms. The van der Waals surface area contributed by atoms with Gasteiger partial charge in [-0.1, -0.05) is 29.4 Å². The van der Waals surface area contributed by atoms with Crippen molar-refractivity contribution in [1.82, 2.24) is 5.48 Å². The molecule has 0 bridgehead atoms. The van der Waals surface area contributed by atoms with Crippen LogP contribution < -0.4 is 10.3 Å². The molecule has 9 heteroatoms. The van der Waals surface area contributed by atoms with Crippen LogP contribution in [-0.2, 0) is 22.4 Å². The second kappa shape index (κ2) is 9.12. The van der Waals surface area contributed by atoms with Crippen LogP contribution >= 0.6 is 0 Å². The van der Waals surface area contributed by atoms with Crippen molar-refractivity contribution in [2.45, 2.75) is 26.6 Å². The molecule has 0 saturated carbocycles. The van der Waals surface area contributed by atoms with E-state index in [2.05, 4.69) is 15.4 Å². The lowest BCUT2D eigenvalue weighted by atomic mass is 10.1. The van der Waals surface area contributed by atoms with Gasteiger partial charge >= 0.3 is 12.3 Å². The van der Waals surface area contributed by atoms with Gasteiger partial charge in [0.25, 0.3) is 0 Å². The third-order valence-corrected chi connectivity index (χ3v) is 3.72. The van der Waals surface area contributed by atoms with Crippen molar-refractivity contribution in [3.63, 3.8) is 0 Å². The smallest absolute Gasteiger partial charge is 0.440 e. The predicted octanol–water partition coefficient (Wildman–Crippen LogP) is 4.60. The zero-order valence-electron chi connectivity index (χ0n) is 15.5. The number of nitrogens with one attached hydrogen (secondary N) is 1. The number of ether oxygens (including phenoxy) is 1. The number of nitrogens with zero attached hydrogens (tertiary/aromatic N) is 1. The van der Waals surface area contributed by atoms with Gasteiger partial charge in [0, 0.05) is 5.56 Å². The number of carbonyl (C=O) groups excluding carboxylic acids is 1. The lowest BCUT2D eigenvalue weighted by Gasteiger charge is -2.10. The minimum Gasteiger partial charge on any atom is -0.451 e. The van der Waals surface area contributed by atoms with Crippen LogP contribution in [0, 0.1) is 6.92 Å². The Bertz CT molecular complexity index is 866. The Kier molecular flexibility index (Phi) is 6.86. The van der Waals surface area contributed by atoms with Crippen molar-refractivity contribution in [1.29, 1.82) is 0 Å². The van der Waals surface area contributed by atoms with E-state index in [9.17, 15) is 18.0 Å². The van der Waals surface area contributed by atoms with Crippen molar-refractivity contribution < 1.29 is 32.4 Å². The summed E-state index contributed by atoms with van der Waals surface area (Å²) in [5, 5.41) is 3.93. The molecule has 2 rings (SSSR count). The van der Waals surface area contributed by atoms with E-state index in [1.54, 1.807) is 32.0 Å². The summed E-state index contributed by atoms with van der Waals surface area (Å²) in [5.74, 6) is 0.385. The summed E-state index contributed by atoms with van der Waals surface area (Å²) in [4.78, 5) is 21.5. The number of hydrogen-bond donors (Lipinski definition) is 1. The average Bonchev–Trinajstić information content (AvgIpc) is 2.66. The number of rotatable bonds is 6. The van der Waals surface area contributed by atoms with Crippen molar-refractivity contribution in [3.8, 4) is 5.75 Å². The number of oxime groups is 1. The van der Waals surface area contributed by atoms with Gasteiger partial charge in [-0.15, -0.1) is 0 Å². The summed E-state index contributed by atoms with van der Waals surface area (Å²) in [5.41, 5.74) is 3.61. The molecular formula is C19H19F3N2O4. The molecular weight excluding hydrogens is 377 g/mol. The normalized spacial score (nSPS) is 11.7. The fraction of sp³-hybridized carbons (Fsp3) is 0.263. The number of aryl methyl sites for hydroxylation is 1. The van der Waals surface area contributed by atoms with Crippen LogP contribution in [0.3, 0.4) is 0 Å². The number of halogens is 3. The van der Waals surface area contributed by atoms with Crippen LogP contribution in [0.15, 0.2) is 47.6 Å². The zero-order chi connectivity index (χ0) is 20.7. The van der Waals surface area contributed by atoms with E-state index in [-0.39, 0.29) is 6.61 Å². The minimum absolute atomic E-state index is 0.111. The molecule has 0 aliphatic carbocycles. The molecule has 6 nitrogen and oxygen atoms in total. The Hall–Kier alpha value is -3.23. The number of alkyl halides is 3. The summed E-state index contributed by atoms with van der Waals surface area (Å²) in [6, 6.07) is 10.0. The molecule has 1 N–H and O–H groups in total. The van der Waals surface area contributed by atoms with Gasteiger partial charge in [-0.05, 0) is 43.2 Å². The number of hydrogen-bond acceptors (Lipinski definition) is 5. The van der Waals surface area contributed by atoms with E-state index < -0.39 is 17.8 Å². The van der Waals surface area contributed by atoms with E-state index in [0.29, 0.717) is 22.6 Å². The lowest BCUT2D eigenvalue weighted by Crippen LogP contribution is -2.27. The van der Waals surface area contributed by atoms with E-state index in [1.165, 1.54) is 19.2 Å². The van der Waals surface area contributed by atoms with Gasteiger partial charge in [-0.2, -0.15) is 18.7 Å². The zero-order valence-corrected chi connectivity index (χ0v) is 15.5. The minimum atomic E-state index is -4.41. The van der Waals surface area contributed by atoms with Crippen LogP contribution in [-0.4, -0.2) is 18.9 Å². The largest absolute Gasteiger partial charge is 0.451 e. The van der Waals surface area contributed by atoms with Crippen molar-refractivity contribution in [2.75, 3.05) is 7.11 Å². The molecule has 0 saturated heterocycles. The molecule has 2 aromatic carbocycles. The monoisotopic (exact) mass is 396 g/mol. The third-order valence-electron chi connectivity index (χ3n) is 3.72. The van der Waals surface area contributed by atoms with Gasteiger partial charge in [0.05, 0.1) is 18.4 Å². The van der Waals surface area contributed by atoms with Gasteiger partial charge in [-0.3, -0.25) is 0 Å². The molecule has 150 valence electrons. The molecule has 0 aliphatic heterocycles. The Labute approximate surface area is 159 Å². The first-order valence-electron chi connectivity index (χ1n) is 8.15. The van der Waals surface area contributed by atoms with Crippen LogP contribution in [0.2, 0.25) is 0 Å². The molecule has 0 radical (unpaired) electrons. The molecule has 0 aromatic heterocycles. The number of methoxy groups -OCH3 is 1. The summed E-state index contributed by atoms with van der Waals surface area (Å²) >= 11 is 0. The first kappa shape index (κ1) is 21.1. The Morgan fingerprint density at radius 1 is 1.18 bits per heavy atom. The van der Waals surface area contributed by atoms with Crippen LogP contribution in [0.1, 0.15) is 29.2 Å². The van der Waals surface area contributed by atoms with Crippen molar-refractivity contribution in [3.05, 3.63) is 64.7 Å². The fourth-order valence-electron chi connectivity index (χ4n) is 2.17. The van der Waals surface area contributed by atoms with E-state index in [1.807, 2.05) is 0 Å². The van der Waals surface area contributed by atoms with Gasteiger partial charge in [0.1, 0.15) is 6.61 Å². The highest BCUT2D eigenvalue weighted by Gasteiger charge is 2.30. The topological polar surface area (TPSA) is 69.2 Å². The highest BCUT2D eigenvalue weighted by atomic mass is 19.4. The van der Waals surface area contributed by atoms with Crippen molar-refractivity contribution in [2.24, 2.45) is 5.16 Å². The molecule has 0 fully saturated rings. The van der Waals surface area contributed by atoms with Gasteiger partial charge in [-0.25, -0.2) is 4.79 Å². The number of amides is 1. The summed E-state index contributed by atoms with van der Waals surface area (Å²) in [7, 11) is 1.21. The van der Waals surface area contributed by atoms with E-state index >= 15 is 0 Å². The number of benzene rings is 2. The Balaban J connectivity index is 2.04. The highest BCUT2D eigenvalue weighted by Crippen LogP contribution is 2.29. The van der Waals surface area contributed by atoms with Gasteiger partial charge in [0.2, 0.25) is 0 Å². The SMILES string of the molecule is COC(=O)NOc1cc(/C(C)=N/OCc2cccc(C(F)(F)F)c2)ccc1C. The molecule has 28 heavy (non-hydrogen) atoms. The second-order valence-electron chi connectivity index (χ2n) is 5.82. The maximum atomic E-state index is 12.7. The maximum Gasteiger partial charge on any atom is 0.440 e. The molecule has 2 aromatic rings. The predicted molar refractivity (Wildman–Crippen MR) is 95.8 cm³/mol. The molecule has 0 atom stereocenters. The quantitative estimate of drug-likeness (QED) is 0.572. The van der Waals surface area contributed by atoms with Crippen molar-refractivity contribution >= 4 is 11.8 Å². The Morgan fingerprint density at radius 2 is 1.93 bits per heavy atom. The van der Waals surface area contributed by atoms with Crippen LogP contribution in [0.25, 0.3) is 0 Å². The van der Waals surface area contributed by atoms with E-state index in [0.717, 1.165) is 17.7 Å². The molecule has 0 unspecified atom stereocenters. The van der Waals surface area contributed by atoms with Crippen LogP contribution in [0.4, 0.5) is 18.0 Å². The van der Waals surface area contributed by atoms with Gasteiger partial charge < -0.3 is 14.4 Å². The second-order valence-corrected chi connectivity index (χ2v) is 5.82. The number of carbonyl (C=O) groups is 1. The molecule has 0 aliphatic rings. The lowest BCUT2D eigenvalue weighted by molar-refractivity contribution is -0.137. The fourth-order valence-corrected chi connectivity index (χ4v) is 2.17. The first-order chi connectivity index (χ1) is 13.2. The maximum absolute atomic E-state index is 12.7. The highest BCUT2D eigenvalue weighted by molar-refractivity contribution is 5.98. The molecule has 0 heterocycles. The van der Waals surface area contributed by atoms with Gasteiger partial charge in [0.15, 0.2) is 5.75 Å². The van der Waals surface area contributed by atoms with Crippen LogP contribution in [0.5, 0.6) is 5.75 Å². The molecule has 1 amide bonds. The summed E-state index contributed by atoms with van der Waals surface area (Å²) < 4.78 is 42.6. The Morgan fingerprint density at radius 3 is 2.61 bits per heavy atom. The summed E-state index contributed by atoms with van der Waals surface area (Å²) in [6.45, 7) is 3.35. The standard InChI is InChI=1S/C19H19F3N2O4/c1-12-7-8-15(10-17(12)28-24-18(25)26-3)13(2)23-27-11-14-5-4-6-16(9-14)19(20,21)22/h4-10H,11H2,1-3H3,(H,24,25)/b23-13+. The number of hydroxylamine groups is 1. The summed E-state index contributed by atoms with van der Waals surface area (Å²) in [6.07, 6.45) is -5.16. The first-order valence-corrected chi connectivity index (χ1v) is 8.15. The van der Waals surface area contributed by atoms with E-state index in [4.69, 9.17) is 9.68 Å². The third kappa shape index (κ3) is 5.90. The average molecular weight is 396 g/mol.